The number of carbonyl (C=O) groups excluding carboxylic acids is 1. The molecule has 0 saturated heterocycles. The molecule has 0 heterocycles. The fourth-order valence-corrected chi connectivity index (χ4v) is 1.99. The summed E-state index contributed by atoms with van der Waals surface area (Å²) in [6.45, 7) is 6.02. The molecule has 1 rings (SSSR count). The molecule has 1 fully saturated rings. The third-order valence-corrected chi connectivity index (χ3v) is 3.15. The van der Waals surface area contributed by atoms with Gasteiger partial charge in [0.1, 0.15) is 0 Å². The summed E-state index contributed by atoms with van der Waals surface area (Å²) in [5.41, 5.74) is 5.41. The fourth-order valence-electron chi connectivity index (χ4n) is 1.99. The predicted octanol–water partition coefficient (Wildman–Crippen LogP) is 1.20. The lowest BCUT2D eigenvalue weighted by atomic mass is 9.85. The van der Waals surface area contributed by atoms with Crippen LogP contribution < -0.4 is 11.1 Å². The molecule has 0 radical (unpaired) electrons. The zero-order chi connectivity index (χ0) is 10.6. The first-order valence-electron chi connectivity index (χ1n) is 5.28. The van der Waals surface area contributed by atoms with Crippen molar-refractivity contribution < 1.29 is 4.79 Å². The predicted molar refractivity (Wildman–Crippen MR) is 57.8 cm³/mol. The minimum atomic E-state index is -0.294. The second kappa shape index (κ2) is 4.60. The Balaban J connectivity index is 2.60. The van der Waals surface area contributed by atoms with Crippen LogP contribution in [0.2, 0.25) is 0 Å². The summed E-state index contributed by atoms with van der Waals surface area (Å²) >= 11 is 0. The van der Waals surface area contributed by atoms with E-state index in [4.69, 9.17) is 5.73 Å². The second-order valence-electron chi connectivity index (χ2n) is 4.19. The lowest BCUT2D eigenvalue weighted by molar-refractivity contribution is -0.130. The molecule has 1 atom stereocenters. The third-order valence-electron chi connectivity index (χ3n) is 3.15. The maximum atomic E-state index is 11.9. The zero-order valence-corrected chi connectivity index (χ0v) is 8.88. The highest BCUT2D eigenvalue weighted by Crippen LogP contribution is 2.37. The lowest BCUT2D eigenvalue weighted by Gasteiger charge is -2.27. The van der Waals surface area contributed by atoms with Gasteiger partial charge in [-0.1, -0.05) is 18.9 Å². The Morgan fingerprint density at radius 3 is 2.64 bits per heavy atom. The quantitative estimate of drug-likeness (QED) is 0.664. The molecule has 0 bridgehead atoms. The van der Waals surface area contributed by atoms with Crippen molar-refractivity contribution in [2.75, 3.05) is 6.54 Å². The van der Waals surface area contributed by atoms with Crippen LogP contribution in [0.3, 0.4) is 0 Å². The smallest absolute Gasteiger partial charge is 0.227 e. The van der Waals surface area contributed by atoms with Gasteiger partial charge in [0.2, 0.25) is 5.91 Å². The Hall–Kier alpha value is -0.830. The number of nitrogens with one attached hydrogen (secondary N) is 1. The Labute approximate surface area is 85.7 Å². The topological polar surface area (TPSA) is 55.1 Å². The Morgan fingerprint density at radius 1 is 1.64 bits per heavy atom. The molecule has 0 spiro atoms. The van der Waals surface area contributed by atoms with E-state index in [1.807, 2.05) is 6.92 Å². The molecular formula is C11H20N2O. The third kappa shape index (κ3) is 2.15. The van der Waals surface area contributed by atoms with Crippen LogP contribution in [0.5, 0.6) is 0 Å². The molecule has 14 heavy (non-hydrogen) atoms. The van der Waals surface area contributed by atoms with Gasteiger partial charge in [0, 0.05) is 12.6 Å². The van der Waals surface area contributed by atoms with E-state index < -0.39 is 0 Å². The van der Waals surface area contributed by atoms with Gasteiger partial charge in [-0.3, -0.25) is 4.79 Å². The number of amides is 1. The van der Waals surface area contributed by atoms with Crippen LogP contribution in [0.4, 0.5) is 0 Å². The molecule has 1 unspecified atom stereocenters. The Kier molecular flexibility index (Phi) is 3.69. The summed E-state index contributed by atoms with van der Waals surface area (Å²) in [6.07, 6.45) is 5.83. The highest BCUT2D eigenvalue weighted by atomic mass is 16.2. The van der Waals surface area contributed by atoms with Gasteiger partial charge in [0.25, 0.3) is 0 Å². The first kappa shape index (κ1) is 11.2. The van der Waals surface area contributed by atoms with Gasteiger partial charge in [-0.2, -0.15) is 0 Å². The standard InChI is InChI=1S/C11H20N2O/c1-3-9(2)13-10(14)11(8-12)6-4-5-7-11/h3,9H,1,4-8,12H2,2H3,(H,13,14). The normalized spacial score (nSPS) is 21.6. The number of rotatable bonds is 4. The van der Waals surface area contributed by atoms with Crippen LogP contribution in [0.25, 0.3) is 0 Å². The summed E-state index contributed by atoms with van der Waals surface area (Å²) in [5, 5.41) is 2.93. The van der Waals surface area contributed by atoms with E-state index >= 15 is 0 Å². The summed E-state index contributed by atoms with van der Waals surface area (Å²) in [6, 6.07) is 0.0338. The fraction of sp³-hybridized carbons (Fsp3) is 0.727. The van der Waals surface area contributed by atoms with E-state index in [2.05, 4.69) is 11.9 Å². The summed E-state index contributed by atoms with van der Waals surface area (Å²) in [5.74, 6) is 0.102. The van der Waals surface area contributed by atoms with Gasteiger partial charge in [0.05, 0.1) is 5.41 Å². The molecule has 0 aromatic rings. The van der Waals surface area contributed by atoms with Gasteiger partial charge in [-0.25, -0.2) is 0 Å². The maximum absolute atomic E-state index is 11.9. The number of hydrogen-bond acceptors (Lipinski definition) is 2. The molecule has 3 nitrogen and oxygen atoms in total. The monoisotopic (exact) mass is 196 g/mol. The summed E-state index contributed by atoms with van der Waals surface area (Å²) < 4.78 is 0. The van der Waals surface area contributed by atoms with Gasteiger partial charge in [-0.05, 0) is 19.8 Å². The molecule has 0 aromatic heterocycles. The zero-order valence-electron chi connectivity index (χ0n) is 8.88. The van der Waals surface area contributed by atoms with Crippen molar-refractivity contribution >= 4 is 5.91 Å². The van der Waals surface area contributed by atoms with Crippen molar-refractivity contribution in [3.05, 3.63) is 12.7 Å². The van der Waals surface area contributed by atoms with Crippen molar-refractivity contribution in [3.8, 4) is 0 Å². The van der Waals surface area contributed by atoms with Crippen LogP contribution in [-0.4, -0.2) is 18.5 Å². The van der Waals surface area contributed by atoms with Gasteiger partial charge in [-0.15, -0.1) is 6.58 Å². The highest BCUT2D eigenvalue weighted by Gasteiger charge is 2.39. The van der Waals surface area contributed by atoms with Crippen molar-refractivity contribution in [2.45, 2.75) is 38.6 Å². The van der Waals surface area contributed by atoms with Crippen molar-refractivity contribution in [3.63, 3.8) is 0 Å². The number of nitrogens with two attached hydrogens (primary N) is 1. The number of carbonyl (C=O) groups is 1. The van der Waals surface area contributed by atoms with Crippen LogP contribution >= 0.6 is 0 Å². The lowest BCUT2D eigenvalue weighted by Crippen LogP contribution is -2.46. The largest absolute Gasteiger partial charge is 0.350 e. The molecule has 0 aliphatic heterocycles. The van der Waals surface area contributed by atoms with Crippen molar-refractivity contribution in [1.29, 1.82) is 0 Å². The van der Waals surface area contributed by atoms with Crippen molar-refractivity contribution in [1.82, 2.24) is 5.32 Å². The van der Waals surface area contributed by atoms with Crippen molar-refractivity contribution in [2.24, 2.45) is 11.1 Å². The van der Waals surface area contributed by atoms with E-state index in [0.717, 1.165) is 25.7 Å². The van der Waals surface area contributed by atoms with E-state index in [1.54, 1.807) is 6.08 Å². The molecule has 1 saturated carbocycles. The molecule has 3 heteroatoms. The van der Waals surface area contributed by atoms with Crippen LogP contribution in [0, 0.1) is 5.41 Å². The molecule has 1 amide bonds. The first-order chi connectivity index (χ1) is 6.64. The molecule has 3 N–H and O–H groups in total. The number of hydrogen-bond donors (Lipinski definition) is 2. The van der Waals surface area contributed by atoms with Crippen LogP contribution in [0.1, 0.15) is 32.6 Å². The van der Waals surface area contributed by atoms with E-state index in [-0.39, 0.29) is 17.4 Å². The van der Waals surface area contributed by atoms with E-state index in [1.165, 1.54) is 0 Å². The summed E-state index contributed by atoms with van der Waals surface area (Å²) in [7, 11) is 0. The molecule has 0 aromatic carbocycles. The van der Waals surface area contributed by atoms with E-state index in [0.29, 0.717) is 6.54 Å². The van der Waals surface area contributed by atoms with Gasteiger partial charge in [0.15, 0.2) is 0 Å². The van der Waals surface area contributed by atoms with E-state index in [9.17, 15) is 4.79 Å². The minimum absolute atomic E-state index is 0.0338. The second-order valence-corrected chi connectivity index (χ2v) is 4.19. The first-order valence-corrected chi connectivity index (χ1v) is 5.28. The van der Waals surface area contributed by atoms with Crippen LogP contribution in [0.15, 0.2) is 12.7 Å². The molecular weight excluding hydrogens is 176 g/mol. The maximum Gasteiger partial charge on any atom is 0.227 e. The average molecular weight is 196 g/mol. The Morgan fingerprint density at radius 2 is 2.21 bits per heavy atom. The van der Waals surface area contributed by atoms with Gasteiger partial charge < -0.3 is 11.1 Å². The SMILES string of the molecule is C=CC(C)NC(=O)C1(CN)CCCC1. The Bertz CT molecular complexity index is 219. The molecule has 80 valence electrons. The summed E-state index contributed by atoms with van der Waals surface area (Å²) in [4.78, 5) is 11.9. The average Bonchev–Trinajstić information content (AvgIpc) is 2.67. The highest BCUT2D eigenvalue weighted by molar-refractivity contribution is 5.83. The minimum Gasteiger partial charge on any atom is -0.350 e. The molecule has 1 aliphatic rings. The molecule has 1 aliphatic carbocycles. The van der Waals surface area contributed by atoms with Crippen LogP contribution in [-0.2, 0) is 4.79 Å². The van der Waals surface area contributed by atoms with Gasteiger partial charge >= 0.3 is 0 Å².